The van der Waals surface area contributed by atoms with E-state index in [-0.39, 0.29) is 5.91 Å². The minimum Gasteiger partial charge on any atom is -0.472 e. The zero-order chi connectivity index (χ0) is 13.1. The Morgan fingerprint density at radius 1 is 1.16 bits per heavy atom. The lowest BCUT2D eigenvalue weighted by Crippen LogP contribution is -2.29. The largest absolute Gasteiger partial charge is 0.472 e. The summed E-state index contributed by atoms with van der Waals surface area (Å²) >= 11 is 0. The van der Waals surface area contributed by atoms with Crippen LogP contribution in [0.2, 0.25) is 0 Å². The molecule has 3 aromatic rings. The van der Waals surface area contributed by atoms with Crippen LogP contribution in [-0.4, -0.2) is 15.9 Å². The fraction of sp³-hybridized carbons (Fsp3) is 0. The fourth-order valence-corrected chi connectivity index (χ4v) is 1.69. The number of aromatic nitrogens is 2. The number of hydrogen-bond acceptors (Lipinski definition) is 5. The number of hydrazine groups is 1. The Morgan fingerprint density at radius 2 is 2.05 bits per heavy atom. The van der Waals surface area contributed by atoms with Gasteiger partial charge in [0.05, 0.1) is 17.3 Å². The van der Waals surface area contributed by atoms with E-state index in [2.05, 4.69) is 20.8 Å². The number of hydrogen-bond donors (Lipinski definition) is 2. The number of para-hydroxylation sites is 1. The predicted octanol–water partition coefficient (Wildman–Crippen LogP) is 1.98. The molecule has 0 bridgehead atoms. The minimum atomic E-state index is -0.295. The second kappa shape index (κ2) is 4.77. The highest BCUT2D eigenvalue weighted by atomic mass is 16.3. The molecule has 6 heteroatoms. The van der Waals surface area contributed by atoms with Crippen molar-refractivity contribution in [2.75, 3.05) is 5.43 Å². The first kappa shape index (κ1) is 11.2. The van der Waals surface area contributed by atoms with E-state index in [1.807, 2.05) is 24.3 Å². The van der Waals surface area contributed by atoms with Gasteiger partial charge >= 0.3 is 0 Å². The Labute approximate surface area is 108 Å². The summed E-state index contributed by atoms with van der Waals surface area (Å²) in [5.41, 5.74) is 6.58. The van der Waals surface area contributed by atoms with Gasteiger partial charge in [-0.1, -0.05) is 12.1 Å². The molecule has 0 fully saturated rings. The molecule has 0 aliphatic heterocycles. The van der Waals surface area contributed by atoms with Crippen LogP contribution in [0.3, 0.4) is 0 Å². The number of furan rings is 1. The minimum absolute atomic E-state index is 0.295. The van der Waals surface area contributed by atoms with E-state index in [0.717, 1.165) is 10.9 Å². The SMILES string of the molecule is O=C(NNc1ncnc2ccccc12)c1ccoc1. The fourth-order valence-electron chi connectivity index (χ4n) is 1.69. The third kappa shape index (κ3) is 2.23. The maximum absolute atomic E-state index is 11.7. The number of fused-ring (bicyclic) bond motifs is 1. The Balaban J connectivity index is 1.81. The van der Waals surface area contributed by atoms with E-state index >= 15 is 0 Å². The number of nitrogens with one attached hydrogen (secondary N) is 2. The van der Waals surface area contributed by atoms with Crippen molar-refractivity contribution < 1.29 is 9.21 Å². The lowest BCUT2D eigenvalue weighted by Gasteiger charge is -2.08. The molecule has 0 atom stereocenters. The van der Waals surface area contributed by atoms with Crippen molar-refractivity contribution in [3.05, 3.63) is 54.7 Å². The molecule has 0 radical (unpaired) electrons. The van der Waals surface area contributed by atoms with E-state index in [9.17, 15) is 4.79 Å². The monoisotopic (exact) mass is 254 g/mol. The average Bonchev–Trinajstić information content (AvgIpc) is 2.99. The molecule has 0 unspecified atom stereocenters. The first-order chi connectivity index (χ1) is 9.34. The Kier molecular flexibility index (Phi) is 2.82. The van der Waals surface area contributed by atoms with Gasteiger partial charge in [0.1, 0.15) is 12.6 Å². The molecule has 19 heavy (non-hydrogen) atoms. The molecule has 2 aromatic heterocycles. The van der Waals surface area contributed by atoms with Crippen molar-refractivity contribution in [1.82, 2.24) is 15.4 Å². The summed E-state index contributed by atoms with van der Waals surface area (Å²) in [6.45, 7) is 0. The van der Waals surface area contributed by atoms with Crippen LogP contribution >= 0.6 is 0 Å². The van der Waals surface area contributed by atoms with Crippen molar-refractivity contribution in [2.24, 2.45) is 0 Å². The van der Waals surface area contributed by atoms with E-state index in [4.69, 9.17) is 4.42 Å². The molecular weight excluding hydrogens is 244 g/mol. The topological polar surface area (TPSA) is 80.0 Å². The number of rotatable bonds is 3. The zero-order valence-electron chi connectivity index (χ0n) is 9.83. The second-order valence-electron chi connectivity index (χ2n) is 3.83. The number of carbonyl (C=O) groups excluding carboxylic acids is 1. The zero-order valence-corrected chi connectivity index (χ0v) is 9.83. The van der Waals surface area contributed by atoms with Gasteiger partial charge in [-0.05, 0) is 18.2 Å². The van der Waals surface area contributed by atoms with Crippen molar-refractivity contribution in [3.8, 4) is 0 Å². The third-order valence-electron chi connectivity index (χ3n) is 2.62. The molecule has 1 amide bonds. The molecule has 0 aliphatic rings. The first-order valence-corrected chi connectivity index (χ1v) is 5.63. The van der Waals surface area contributed by atoms with E-state index in [0.29, 0.717) is 11.4 Å². The quantitative estimate of drug-likeness (QED) is 0.698. The summed E-state index contributed by atoms with van der Waals surface area (Å²) in [5.74, 6) is 0.249. The summed E-state index contributed by atoms with van der Waals surface area (Å²) in [6, 6.07) is 9.11. The Bertz CT molecular complexity index is 704. The van der Waals surface area contributed by atoms with Crippen LogP contribution in [0.15, 0.2) is 53.6 Å². The summed E-state index contributed by atoms with van der Waals surface area (Å²) in [6.07, 6.45) is 4.25. The Hall–Kier alpha value is -2.89. The smallest absolute Gasteiger partial charge is 0.272 e. The van der Waals surface area contributed by atoms with Gasteiger partial charge in [-0.2, -0.15) is 0 Å². The summed E-state index contributed by atoms with van der Waals surface area (Å²) in [4.78, 5) is 20.0. The maximum atomic E-state index is 11.7. The van der Waals surface area contributed by atoms with Gasteiger partial charge in [-0.25, -0.2) is 9.97 Å². The van der Waals surface area contributed by atoms with Gasteiger partial charge in [0, 0.05) is 5.39 Å². The standard InChI is InChI=1S/C13H10N4O2/c18-13(9-5-6-19-7-9)17-16-12-10-3-1-2-4-11(10)14-8-15-12/h1-8H,(H,17,18)(H,14,15,16). The molecule has 6 nitrogen and oxygen atoms in total. The van der Waals surface area contributed by atoms with E-state index in [1.54, 1.807) is 6.07 Å². The molecular formula is C13H10N4O2. The maximum Gasteiger partial charge on any atom is 0.272 e. The highest BCUT2D eigenvalue weighted by molar-refractivity contribution is 5.95. The van der Waals surface area contributed by atoms with Crippen molar-refractivity contribution in [2.45, 2.75) is 0 Å². The number of nitrogens with zero attached hydrogens (tertiary/aromatic N) is 2. The van der Waals surface area contributed by atoms with E-state index in [1.165, 1.54) is 18.9 Å². The van der Waals surface area contributed by atoms with Crippen LogP contribution in [-0.2, 0) is 0 Å². The molecule has 3 rings (SSSR count). The summed E-state index contributed by atoms with van der Waals surface area (Å²) in [5, 5.41) is 0.831. The number of amides is 1. The Morgan fingerprint density at radius 3 is 2.89 bits per heavy atom. The van der Waals surface area contributed by atoms with Gasteiger partial charge < -0.3 is 4.42 Å². The summed E-state index contributed by atoms with van der Waals surface area (Å²) in [7, 11) is 0. The molecule has 0 saturated carbocycles. The molecule has 0 aliphatic carbocycles. The third-order valence-corrected chi connectivity index (χ3v) is 2.62. The van der Waals surface area contributed by atoms with Crippen molar-refractivity contribution in [3.63, 3.8) is 0 Å². The van der Waals surface area contributed by atoms with Crippen LogP contribution in [0.25, 0.3) is 10.9 Å². The average molecular weight is 254 g/mol. The van der Waals surface area contributed by atoms with Gasteiger partial charge in [0.15, 0.2) is 5.82 Å². The van der Waals surface area contributed by atoms with Crippen molar-refractivity contribution in [1.29, 1.82) is 0 Å². The van der Waals surface area contributed by atoms with E-state index < -0.39 is 0 Å². The molecule has 0 spiro atoms. The highest BCUT2D eigenvalue weighted by Crippen LogP contribution is 2.17. The first-order valence-electron chi connectivity index (χ1n) is 5.63. The number of benzene rings is 1. The number of anilines is 1. The van der Waals surface area contributed by atoms with Crippen LogP contribution < -0.4 is 10.9 Å². The lowest BCUT2D eigenvalue weighted by molar-refractivity contribution is 0.0962. The molecule has 2 N–H and O–H groups in total. The highest BCUT2D eigenvalue weighted by Gasteiger charge is 2.07. The summed E-state index contributed by atoms with van der Waals surface area (Å²) < 4.78 is 4.84. The lowest BCUT2D eigenvalue weighted by atomic mass is 10.2. The molecule has 1 aromatic carbocycles. The van der Waals surface area contributed by atoms with Crippen LogP contribution in [0.4, 0.5) is 5.82 Å². The van der Waals surface area contributed by atoms with Crippen LogP contribution in [0.1, 0.15) is 10.4 Å². The van der Waals surface area contributed by atoms with Gasteiger partial charge in [0.25, 0.3) is 5.91 Å². The number of carbonyl (C=O) groups is 1. The van der Waals surface area contributed by atoms with Gasteiger partial charge in [-0.15, -0.1) is 0 Å². The van der Waals surface area contributed by atoms with Gasteiger partial charge in [-0.3, -0.25) is 15.6 Å². The van der Waals surface area contributed by atoms with Crippen LogP contribution in [0, 0.1) is 0 Å². The van der Waals surface area contributed by atoms with Crippen LogP contribution in [0.5, 0.6) is 0 Å². The molecule has 2 heterocycles. The molecule has 94 valence electrons. The normalized spacial score (nSPS) is 10.3. The second-order valence-corrected chi connectivity index (χ2v) is 3.83. The van der Waals surface area contributed by atoms with Gasteiger partial charge in [0.2, 0.25) is 0 Å². The molecule has 0 saturated heterocycles. The van der Waals surface area contributed by atoms with Crippen molar-refractivity contribution >= 4 is 22.6 Å². The predicted molar refractivity (Wildman–Crippen MR) is 69.3 cm³/mol.